The highest BCUT2D eigenvalue weighted by Gasteiger charge is 2.65. The van der Waals surface area contributed by atoms with Crippen LogP contribution in [0.3, 0.4) is 0 Å². The molecule has 3 heterocycles. The van der Waals surface area contributed by atoms with Crippen LogP contribution < -0.4 is 14.5 Å². The van der Waals surface area contributed by atoms with E-state index in [4.69, 9.17) is 4.74 Å². The summed E-state index contributed by atoms with van der Waals surface area (Å²) in [5.41, 5.74) is 2.24. The number of hydrogen-bond donors (Lipinski definition) is 0. The largest absolute Gasteiger partial charge is 0.425 e. The monoisotopic (exact) mass is 585 g/mol. The molecule has 4 aromatic carbocycles. The fourth-order valence-electron chi connectivity index (χ4n) is 6.39. The van der Waals surface area contributed by atoms with Crippen LogP contribution in [0.4, 0.5) is 17.1 Å². The Hall–Kier alpha value is -5.90. The number of carbonyl (C=O) groups is 4. The fraction of sp³-hybridized carbons (Fsp3) is 0.118. The van der Waals surface area contributed by atoms with Crippen LogP contribution in [0.5, 0.6) is 5.75 Å². The summed E-state index contributed by atoms with van der Waals surface area (Å²) in [7, 11) is 0. The van der Waals surface area contributed by atoms with E-state index in [1.165, 1.54) is 36.4 Å². The van der Waals surface area contributed by atoms with Crippen LogP contribution in [0, 0.1) is 22.0 Å². The SMILES string of the molecule is O=C(c1ccccc1)c1ccc(OC(=O)[C@@H]2[C@@H]3C(=O)N(c4cccc([N+](=O)[O-])c4)C(=O)[C@H]3[C@@H]3C=Cc4ccccc4N23)cc1. The molecule has 0 saturated carbocycles. The fourth-order valence-corrected chi connectivity index (χ4v) is 6.39. The number of nitrogens with zero attached hydrogens (tertiary/aromatic N) is 3. The van der Waals surface area contributed by atoms with Gasteiger partial charge < -0.3 is 9.64 Å². The number of para-hydroxylation sites is 1. The summed E-state index contributed by atoms with van der Waals surface area (Å²) in [4.78, 5) is 68.2. The van der Waals surface area contributed by atoms with Crippen LogP contribution in [-0.2, 0) is 14.4 Å². The molecule has 0 N–H and O–H groups in total. The van der Waals surface area contributed by atoms with E-state index in [-0.39, 0.29) is 22.9 Å². The number of fused-ring (bicyclic) bond motifs is 5. The molecule has 0 bridgehead atoms. The Labute approximate surface area is 250 Å². The van der Waals surface area contributed by atoms with Crippen molar-refractivity contribution in [2.45, 2.75) is 12.1 Å². The number of nitro groups is 1. The highest BCUT2D eigenvalue weighted by atomic mass is 16.6. The van der Waals surface area contributed by atoms with Gasteiger partial charge in [-0.25, -0.2) is 9.69 Å². The van der Waals surface area contributed by atoms with Crippen molar-refractivity contribution in [2.24, 2.45) is 11.8 Å². The number of ether oxygens (including phenoxy) is 1. The third-order valence-electron chi connectivity index (χ3n) is 8.33. The maximum atomic E-state index is 14.0. The second-order valence-corrected chi connectivity index (χ2v) is 10.7. The summed E-state index contributed by atoms with van der Waals surface area (Å²) in [5, 5.41) is 11.4. The van der Waals surface area contributed by atoms with Crippen LogP contribution >= 0.6 is 0 Å². The smallest absolute Gasteiger partial charge is 0.335 e. The molecule has 0 unspecified atom stereocenters. The van der Waals surface area contributed by atoms with Gasteiger partial charge in [-0.05, 0) is 42.0 Å². The molecule has 44 heavy (non-hydrogen) atoms. The van der Waals surface area contributed by atoms with Gasteiger partial charge in [-0.15, -0.1) is 0 Å². The number of imide groups is 1. The van der Waals surface area contributed by atoms with Crippen LogP contribution in [-0.4, -0.2) is 40.6 Å². The number of benzene rings is 4. The first-order valence-corrected chi connectivity index (χ1v) is 13.9. The predicted molar refractivity (Wildman–Crippen MR) is 160 cm³/mol. The minimum absolute atomic E-state index is 0.0705. The van der Waals surface area contributed by atoms with Gasteiger partial charge in [0.15, 0.2) is 5.78 Å². The maximum Gasteiger partial charge on any atom is 0.335 e. The number of anilines is 2. The molecular formula is C34H23N3O7. The summed E-state index contributed by atoms with van der Waals surface area (Å²) in [6.07, 6.45) is 3.66. The number of amides is 2. The lowest BCUT2D eigenvalue weighted by atomic mass is 9.89. The Morgan fingerprint density at radius 1 is 0.773 bits per heavy atom. The van der Waals surface area contributed by atoms with Crippen molar-refractivity contribution < 1.29 is 28.8 Å². The van der Waals surface area contributed by atoms with Crippen molar-refractivity contribution in [3.8, 4) is 5.75 Å². The number of ketones is 1. The van der Waals surface area contributed by atoms with Crippen molar-refractivity contribution in [1.82, 2.24) is 0 Å². The maximum absolute atomic E-state index is 14.0. The van der Waals surface area contributed by atoms with E-state index in [1.54, 1.807) is 47.4 Å². The Bertz CT molecular complexity index is 1890. The van der Waals surface area contributed by atoms with Crippen LogP contribution in [0.2, 0.25) is 0 Å². The second kappa shape index (κ2) is 10.4. The molecule has 0 radical (unpaired) electrons. The molecule has 10 nitrogen and oxygen atoms in total. The average molecular weight is 586 g/mol. The lowest BCUT2D eigenvalue weighted by Crippen LogP contribution is -2.50. The van der Waals surface area contributed by atoms with Gasteiger partial charge in [-0.1, -0.05) is 66.7 Å². The molecule has 3 aliphatic rings. The van der Waals surface area contributed by atoms with Crippen LogP contribution in [0.25, 0.3) is 6.08 Å². The number of non-ortho nitro benzene ring substituents is 1. The van der Waals surface area contributed by atoms with Gasteiger partial charge in [0.05, 0.1) is 28.5 Å². The van der Waals surface area contributed by atoms with E-state index in [0.717, 1.165) is 10.5 Å². The molecule has 7 rings (SSSR count). The summed E-state index contributed by atoms with van der Waals surface area (Å²) >= 11 is 0. The zero-order chi connectivity index (χ0) is 30.5. The number of rotatable bonds is 6. The lowest BCUT2D eigenvalue weighted by Gasteiger charge is -2.36. The van der Waals surface area contributed by atoms with E-state index < -0.39 is 46.6 Å². The van der Waals surface area contributed by atoms with Crippen molar-refractivity contribution >= 4 is 46.7 Å². The third-order valence-corrected chi connectivity index (χ3v) is 8.33. The first-order chi connectivity index (χ1) is 21.3. The first kappa shape index (κ1) is 27.0. The highest BCUT2D eigenvalue weighted by molar-refractivity contribution is 6.24. The van der Waals surface area contributed by atoms with Gasteiger partial charge >= 0.3 is 5.97 Å². The number of esters is 1. The Morgan fingerprint density at radius 2 is 1.45 bits per heavy atom. The van der Waals surface area contributed by atoms with Crippen molar-refractivity contribution in [3.63, 3.8) is 0 Å². The van der Waals surface area contributed by atoms with E-state index in [1.807, 2.05) is 36.4 Å². The van der Waals surface area contributed by atoms with Gasteiger partial charge in [0.25, 0.3) is 5.69 Å². The van der Waals surface area contributed by atoms with Gasteiger partial charge in [0.2, 0.25) is 11.8 Å². The van der Waals surface area contributed by atoms with Gasteiger partial charge in [-0.3, -0.25) is 24.5 Å². The lowest BCUT2D eigenvalue weighted by molar-refractivity contribution is -0.384. The van der Waals surface area contributed by atoms with Crippen LogP contribution in [0.1, 0.15) is 21.5 Å². The average Bonchev–Trinajstić information content (AvgIpc) is 3.53. The quantitative estimate of drug-likeness (QED) is 0.0787. The summed E-state index contributed by atoms with van der Waals surface area (Å²) in [6.45, 7) is 0. The molecule has 0 spiro atoms. The molecule has 4 aromatic rings. The molecule has 2 amide bonds. The molecule has 4 atom stereocenters. The number of hydrogen-bond acceptors (Lipinski definition) is 8. The Morgan fingerprint density at radius 3 is 2.20 bits per heavy atom. The molecule has 216 valence electrons. The third kappa shape index (κ3) is 4.27. The van der Waals surface area contributed by atoms with E-state index in [9.17, 15) is 29.3 Å². The van der Waals surface area contributed by atoms with E-state index >= 15 is 0 Å². The standard InChI is InChI=1S/C34H23N3O7/c38-31(21-8-2-1-3-9-21)22-13-16-25(17-14-22)44-34(41)30-29-28(27-18-15-20-7-4-5-12-26(20)36(27)30)32(39)35(33(29)40)23-10-6-11-24(19-23)37(42)43/h1-19,27-30H/t27-,28-,29+,30-/m0/s1. The molecular weight excluding hydrogens is 562 g/mol. The number of nitro benzene ring substituents is 1. The normalized spacial score (nSPS) is 21.5. The summed E-state index contributed by atoms with van der Waals surface area (Å²) in [6, 6.07) is 25.8. The Kier molecular flexibility index (Phi) is 6.39. The minimum Gasteiger partial charge on any atom is -0.425 e. The van der Waals surface area contributed by atoms with Gasteiger partial charge in [0.1, 0.15) is 11.8 Å². The zero-order valence-corrected chi connectivity index (χ0v) is 23.0. The molecule has 0 aromatic heterocycles. The van der Waals surface area contributed by atoms with Gasteiger partial charge in [-0.2, -0.15) is 0 Å². The van der Waals surface area contributed by atoms with Crippen molar-refractivity contribution in [2.75, 3.05) is 9.80 Å². The first-order valence-electron chi connectivity index (χ1n) is 13.9. The second-order valence-electron chi connectivity index (χ2n) is 10.7. The predicted octanol–water partition coefficient (Wildman–Crippen LogP) is 4.82. The highest BCUT2D eigenvalue weighted by Crippen LogP contribution is 2.49. The summed E-state index contributed by atoms with van der Waals surface area (Å²) in [5.74, 6) is -3.95. The molecule has 10 heteroatoms. The van der Waals surface area contributed by atoms with Crippen molar-refractivity contribution in [3.05, 3.63) is 136 Å². The molecule has 3 aliphatic heterocycles. The van der Waals surface area contributed by atoms with E-state index in [2.05, 4.69) is 0 Å². The zero-order valence-electron chi connectivity index (χ0n) is 23.0. The summed E-state index contributed by atoms with van der Waals surface area (Å²) < 4.78 is 5.80. The molecule has 2 saturated heterocycles. The Balaban J connectivity index is 1.23. The van der Waals surface area contributed by atoms with Crippen molar-refractivity contribution in [1.29, 1.82) is 0 Å². The van der Waals surface area contributed by atoms with Crippen LogP contribution in [0.15, 0.2) is 109 Å². The minimum atomic E-state index is -1.16. The molecule has 0 aliphatic carbocycles. The topological polar surface area (TPSA) is 127 Å². The number of carbonyl (C=O) groups excluding carboxylic acids is 4. The van der Waals surface area contributed by atoms with Gasteiger partial charge in [0, 0.05) is 28.9 Å². The molecule has 2 fully saturated rings. The van der Waals surface area contributed by atoms with E-state index in [0.29, 0.717) is 16.8 Å².